The Bertz CT molecular complexity index is 1140. The van der Waals surface area contributed by atoms with Gasteiger partial charge < -0.3 is 9.47 Å². The molecule has 2 aromatic carbocycles. The van der Waals surface area contributed by atoms with Gasteiger partial charge in [-0.3, -0.25) is 4.79 Å². The third-order valence-corrected chi connectivity index (χ3v) is 4.58. The number of aromatic nitrogens is 2. The zero-order chi connectivity index (χ0) is 21.0. The standard InChI is InChI=1S/C21H20BrN3O4/c1-4-28-21(27)13(2)29-17-7-5-6-15(10-17)12-23-25-14(3)24-19-9-8-16(22)11-18(19)20(25)26/h5-13H,4H2,1-3H3/t13-/m1/s1. The van der Waals surface area contributed by atoms with Crippen LogP contribution >= 0.6 is 15.9 Å². The molecule has 1 heterocycles. The lowest BCUT2D eigenvalue weighted by molar-refractivity contribution is -0.150. The summed E-state index contributed by atoms with van der Waals surface area (Å²) in [6.45, 7) is 5.39. The number of aryl methyl sites for hydroxylation is 1. The molecule has 1 aromatic heterocycles. The third-order valence-electron chi connectivity index (χ3n) is 4.08. The van der Waals surface area contributed by atoms with E-state index in [4.69, 9.17) is 9.47 Å². The number of carbonyl (C=O) groups is 1. The Kier molecular flexibility index (Phi) is 6.43. The van der Waals surface area contributed by atoms with Crippen LogP contribution in [0.15, 0.2) is 56.8 Å². The smallest absolute Gasteiger partial charge is 0.347 e. The van der Waals surface area contributed by atoms with E-state index in [1.807, 2.05) is 12.1 Å². The van der Waals surface area contributed by atoms with Gasteiger partial charge in [0.2, 0.25) is 0 Å². The number of hydrogen-bond donors (Lipinski definition) is 0. The molecular formula is C21H20BrN3O4. The number of benzene rings is 2. The molecule has 29 heavy (non-hydrogen) atoms. The molecule has 0 aliphatic heterocycles. The summed E-state index contributed by atoms with van der Waals surface area (Å²) in [4.78, 5) is 28.9. The molecule has 0 aliphatic rings. The van der Waals surface area contributed by atoms with Crippen LogP contribution in [0.25, 0.3) is 10.9 Å². The van der Waals surface area contributed by atoms with Crippen LogP contribution in [0.2, 0.25) is 0 Å². The van der Waals surface area contributed by atoms with E-state index in [0.717, 1.165) is 4.47 Å². The molecule has 0 saturated carbocycles. The molecule has 1 atom stereocenters. The van der Waals surface area contributed by atoms with E-state index >= 15 is 0 Å². The maximum Gasteiger partial charge on any atom is 0.347 e. The van der Waals surface area contributed by atoms with Crippen molar-refractivity contribution in [2.24, 2.45) is 5.10 Å². The van der Waals surface area contributed by atoms with Gasteiger partial charge in [-0.15, -0.1) is 0 Å². The molecular weight excluding hydrogens is 438 g/mol. The molecule has 0 aliphatic carbocycles. The summed E-state index contributed by atoms with van der Waals surface area (Å²) in [5.74, 6) is 0.547. The number of hydrogen-bond acceptors (Lipinski definition) is 6. The van der Waals surface area contributed by atoms with Crippen molar-refractivity contribution in [3.05, 3.63) is 68.7 Å². The molecule has 0 saturated heterocycles. The predicted octanol–water partition coefficient (Wildman–Crippen LogP) is 3.68. The second kappa shape index (κ2) is 9.00. The van der Waals surface area contributed by atoms with Gasteiger partial charge in [0.25, 0.3) is 5.56 Å². The Hall–Kier alpha value is -3.00. The number of ether oxygens (including phenoxy) is 2. The van der Waals surface area contributed by atoms with Crippen LogP contribution in [0.4, 0.5) is 0 Å². The minimum absolute atomic E-state index is 0.256. The van der Waals surface area contributed by atoms with Crippen LogP contribution in [0.5, 0.6) is 5.75 Å². The van der Waals surface area contributed by atoms with E-state index in [0.29, 0.717) is 34.6 Å². The summed E-state index contributed by atoms with van der Waals surface area (Å²) in [5, 5.41) is 4.77. The lowest BCUT2D eigenvalue weighted by atomic mass is 10.2. The minimum Gasteiger partial charge on any atom is -0.479 e. The molecule has 0 amide bonds. The van der Waals surface area contributed by atoms with Crippen molar-refractivity contribution in [1.29, 1.82) is 0 Å². The second-order valence-electron chi connectivity index (χ2n) is 6.27. The van der Waals surface area contributed by atoms with E-state index in [9.17, 15) is 9.59 Å². The fourth-order valence-corrected chi connectivity index (χ4v) is 3.06. The lowest BCUT2D eigenvalue weighted by Gasteiger charge is -2.13. The highest BCUT2D eigenvalue weighted by Crippen LogP contribution is 2.17. The van der Waals surface area contributed by atoms with Crippen LogP contribution in [0.3, 0.4) is 0 Å². The monoisotopic (exact) mass is 457 g/mol. The lowest BCUT2D eigenvalue weighted by Crippen LogP contribution is -2.26. The quantitative estimate of drug-likeness (QED) is 0.416. The summed E-state index contributed by atoms with van der Waals surface area (Å²) < 4.78 is 12.6. The number of esters is 1. The van der Waals surface area contributed by atoms with Crippen LogP contribution in [0, 0.1) is 6.92 Å². The van der Waals surface area contributed by atoms with Gasteiger partial charge in [0.15, 0.2) is 6.10 Å². The molecule has 8 heteroatoms. The molecule has 0 spiro atoms. The first kappa shape index (κ1) is 20.7. The van der Waals surface area contributed by atoms with Crippen LogP contribution in [-0.2, 0) is 9.53 Å². The van der Waals surface area contributed by atoms with Crippen molar-refractivity contribution >= 4 is 39.0 Å². The molecule has 0 unspecified atom stereocenters. The Morgan fingerprint density at radius 3 is 2.86 bits per heavy atom. The van der Waals surface area contributed by atoms with Crippen molar-refractivity contribution in [1.82, 2.24) is 9.66 Å². The first-order chi connectivity index (χ1) is 13.9. The maximum absolute atomic E-state index is 12.8. The van der Waals surface area contributed by atoms with E-state index in [1.54, 1.807) is 57.3 Å². The first-order valence-electron chi connectivity index (χ1n) is 9.05. The molecule has 3 aromatic rings. The van der Waals surface area contributed by atoms with E-state index < -0.39 is 12.1 Å². The van der Waals surface area contributed by atoms with Gasteiger partial charge in [0.1, 0.15) is 11.6 Å². The van der Waals surface area contributed by atoms with Gasteiger partial charge in [-0.2, -0.15) is 9.78 Å². The maximum atomic E-state index is 12.8. The molecule has 3 rings (SSSR count). The number of halogens is 1. The summed E-state index contributed by atoms with van der Waals surface area (Å²) in [6.07, 6.45) is 0.817. The first-order valence-corrected chi connectivity index (χ1v) is 9.85. The molecule has 0 radical (unpaired) electrons. The average Bonchev–Trinajstić information content (AvgIpc) is 2.69. The summed E-state index contributed by atoms with van der Waals surface area (Å²) in [6, 6.07) is 12.4. The minimum atomic E-state index is -0.727. The average molecular weight is 458 g/mol. The van der Waals surface area contributed by atoms with Gasteiger partial charge in [0.05, 0.1) is 23.7 Å². The summed E-state index contributed by atoms with van der Waals surface area (Å²) in [5.41, 5.74) is 1.07. The number of nitrogens with zero attached hydrogens (tertiary/aromatic N) is 3. The van der Waals surface area contributed by atoms with Crippen molar-refractivity contribution in [3.8, 4) is 5.75 Å². The largest absolute Gasteiger partial charge is 0.479 e. The van der Waals surface area contributed by atoms with Gasteiger partial charge >= 0.3 is 5.97 Å². The van der Waals surface area contributed by atoms with E-state index in [-0.39, 0.29) is 5.56 Å². The number of rotatable bonds is 6. The summed E-state index contributed by atoms with van der Waals surface area (Å²) in [7, 11) is 0. The van der Waals surface area contributed by atoms with Gasteiger partial charge in [-0.05, 0) is 56.7 Å². The molecule has 150 valence electrons. The van der Waals surface area contributed by atoms with E-state index in [2.05, 4.69) is 26.0 Å². The zero-order valence-corrected chi connectivity index (χ0v) is 17.8. The van der Waals surface area contributed by atoms with Crippen molar-refractivity contribution < 1.29 is 14.3 Å². The third kappa shape index (κ3) is 4.89. The fraction of sp³-hybridized carbons (Fsp3) is 0.238. The number of fused-ring (bicyclic) bond motifs is 1. The van der Waals surface area contributed by atoms with Crippen molar-refractivity contribution in [2.45, 2.75) is 26.9 Å². The number of carbonyl (C=O) groups excluding carboxylic acids is 1. The van der Waals surface area contributed by atoms with Crippen LogP contribution < -0.4 is 10.3 Å². The Morgan fingerprint density at radius 2 is 2.10 bits per heavy atom. The van der Waals surface area contributed by atoms with Crippen molar-refractivity contribution in [3.63, 3.8) is 0 Å². The van der Waals surface area contributed by atoms with Gasteiger partial charge in [0, 0.05) is 4.47 Å². The highest BCUT2D eigenvalue weighted by molar-refractivity contribution is 9.10. The van der Waals surface area contributed by atoms with E-state index in [1.165, 1.54) is 4.68 Å². The normalized spacial score (nSPS) is 12.3. The molecule has 0 N–H and O–H groups in total. The molecule has 7 nitrogen and oxygen atoms in total. The van der Waals surface area contributed by atoms with Crippen molar-refractivity contribution in [2.75, 3.05) is 6.61 Å². The van der Waals surface area contributed by atoms with Crippen LogP contribution in [0.1, 0.15) is 25.2 Å². The topological polar surface area (TPSA) is 82.8 Å². The Balaban J connectivity index is 1.87. The Labute approximate surface area is 176 Å². The SMILES string of the molecule is CCOC(=O)[C@@H](C)Oc1cccc(C=Nn2c(C)nc3ccc(Br)cc3c2=O)c1. The summed E-state index contributed by atoms with van der Waals surface area (Å²) >= 11 is 3.37. The van der Waals surface area contributed by atoms with Crippen LogP contribution in [-0.4, -0.2) is 34.6 Å². The highest BCUT2D eigenvalue weighted by atomic mass is 79.9. The predicted molar refractivity (Wildman–Crippen MR) is 115 cm³/mol. The molecule has 0 bridgehead atoms. The van der Waals surface area contributed by atoms with Gasteiger partial charge in [-0.25, -0.2) is 9.78 Å². The Morgan fingerprint density at radius 1 is 1.31 bits per heavy atom. The zero-order valence-electron chi connectivity index (χ0n) is 16.3. The fourth-order valence-electron chi connectivity index (χ4n) is 2.70. The second-order valence-corrected chi connectivity index (χ2v) is 7.18. The highest BCUT2D eigenvalue weighted by Gasteiger charge is 2.15. The molecule has 0 fully saturated rings. The van der Waals surface area contributed by atoms with Gasteiger partial charge in [-0.1, -0.05) is 28.1 Å².